The second-order valence-corrected chi connectivity index (χ2v) is 7.43. The van der Waals surface area contributed by atoms with Crippen LogP contribution in [0.1, 0.15) is 26.2 Å². The molecule has 0 aromatic heterocycles. The summed E-state index contributed by atoms with van der Waals surface area (Å²) in [5, 5.41) is 9.53. The fourth-order valence-corrected chi connectivity index (χ4v) is 4.69. The van der Waals surface area contributed by atoms with Gasteiger partial charge in [-0.25, -0.2) is 4.79 Å². The molecule has 1 heterocycles. The molecule has 3 unspecified atom stereocenters. The third-order valence-electron chi connectivity index (χ3n) is 4.96. The van der Waals surface area contributed by atoms with Crippen molar-refractivity contribution in [2.45, 2.75) is 37.1 Å². The average molecular weight is 349 g/mol. The highest BCUT2D eigenvalue weighted by Crippen LogP contribution is 2.42. The number of likely N-dealkylation sites (tertiary alicyclic amines) is 1. The lowest BCUT2D eigenvalue weighted by molar-refractivity contribution is -0.148. The molecule has 130 valence electrons. The number of ether oxygens (including phenoxy) is 1. The first-order chi connectivity index (χ1) is 11.6. The zero-order valence-corrected chi connectivity index (χ0v) is 14.6. The molecule has 0 spiro atoms. The number of benzene rings is 1. The molecule has 1 N–H and O–H groups in total. The number of carbonyl (C=O) groups excluding carboxylic acids is 1. The molecule has 6 heteroatoms. The molecule has 5 nitrogen and oxygen atoms in total. The van der Waals surface area contributed by atoms with Crippen molar-refractivity contribution in [1.82, 2.24) is 4.90 Å². The number of nitrogens with zero attached hydrogens (tertiary/aromatic N) is 1. The number of hydrogen-bond donors (Lipinski definition) is 1. The molecular weight excluding hydrogens is 326 g/mol. The largest absolute Gasteiger partial charge is 0.494 e. The van der Waals surface area contributed by atoms with Crippen molar-refractivity contribution >= 4 is 23.6 Å². The zero-order chi connectivity index (χ0) is 17.1. The first-order valence-corrected chi connectivity index (χ1v) is 9.46. The highest BCUT2D eigenvalue weighted by atomic mass is 32.2. The number of fused-ring (bicyclic) bond motifs is 1. The summed E-state index contributed by atoms with van der Waals surface area (Å²) in [6.45, 7) is 3.16. The molecule has 1 aliphatic heterocycles. The maximum atomic E-state index is 12.6. The predicted octanol–water partition coefficient (Wildman–Crippen LogP) is 2.89. The van der Waals surface area contributed by atoms with E-state index < -0.39 is 12.0 Å². The lowest BCUT2D eigenvalue weighted by Crippen LogP contribution is -2.44. The Morgan fingerprint density at radius 2 is 2.04 bits per heavy atom. The minimum absolute atomic E-state index is 0.0734. The summed E-state index contributed by atoms with van der Waals surface area (Å²) in [6.07, 6.45) is 3.06. The van der Waals surface area contributed by atoms with Crippen LogP contribution in [0.25, 0.3) is 0 Å². The van der Waals surface area contributed by atoms with Gasteiger partial charge in [0.2, 0.25) is 5.91 Å². The summed E-state index contributed by atoms with van der Waals surface area (Å²) in [7, 11) is 0. The Bertz CT molecular complexity index is 604. The summed E-state index contributed by atoms with van der Waals surface area (Å²) in [4.78, 5) is 26.7. The lowest BCUT2D eigenvalue weighted by Gasteiger charge is -2.24. The summed E-state index contributed by atoms with van der Waals surface area (Å²) in [5.41, 5.74) is 0. The van der Waals surface area contributed by atoms with Crippen LogP contribution < -0.4 is 4.74 Å². The van der Waals surface area contributed by atoms with Crippen LogP contribution in [0.2, 0.25) is 0 Å². The molecule has 0 radical (unpaired) electrons. The highest BCUT2D eigenvalue weighted by Gasteiger charge is 2.49. The molecule has 2 aliphatic rings. The van der Waals surface area contributed by atoms with Gasteiger partial charge in [-0.05, 0) is 55.9 Å². The van der Waals surface area contributed by atoms with Gasteiger partial charge in [-0.2, -0.15) is 0 Å². The van der Waals surface area contributed by atoms with Gasteiger partial charge in [-0.15, -0.1) is 11.8 Å². The van der Waals surface area contributed by atoms with E-state index in [2.05, 4.69) is 0 Å². The number of carboxylic acid groups (broad SMARTS) is 1. The quantitative estimate of drug-likeness (QED) is 0.800. The van der Waals surface area contributed by atoms with E-state index in [1.54, 1.807) is 4.90 Å². The molecule has 1 amide bonds. The van der Waals surface area contributed by atoms with Gasteiger partial charge in [0.1, 0.15) is 11.8 Å². The number of aliphatic carboxylic acids is 1. The second kappa shape index (κ2) is 7.47. The predicted molar refractivity (Wildman–Crippen MR) is 92.3 cm³/mol. The number of amides is 1. The molecule has 1 aromatic rings. The Morgan fingerprint density at radius 1 is 1.29 bits per heavy atom. The van der Waals surface area contributed by atoms with Gasteiger partial charge in [0, 0.05) is 11.4 Å². The average Bonchev–Trinajstić information content (AvgIpc) is 3.14. The minimum atomic E-state index is -0.858. The first kappa shape index (κ1) is 17.1. The molecular formula is C18H23NO4S. The number of carbonyl (C=O) groups is 2. The first-order valence-electron chi connectivity index (χ1n) is 8.48. The van der Waals surface area contributed by atoms with Gasteiger partial charge in [0.15, 0.2) is 0 Å². The maximum absolute atomic E-state index is 12.6. The summed E-state index contributed by atoms with van der Waals surface area (Å²) in [6, 6.07) is 6.99. The van der Waals surface area contributed by atoms with Crippen LogP contribution in [0.15, 0.2) is 29.2 Å². The second-order valence-electron chi connectivity index (χ2n) is 6.38. The summed E-state index contributed by atoms with van der Waals surface area (Å²) in [5.74, 6) is 0.662. The van der Waals surface area contributed by atoms with Crippen LogP contribution in [0, 0.1) is 11.8 Å². The Labute approximate surface area is 146 Å². The monoisotopic (exact) mass is 349 g/mol. The van der Waals surface area contributed by atoms with Crippen LogP contribution in [0.4, 0.5) is 0 Å². The molecule has 1 aliphatic carbocycles. The summed E-state index contributed by atoms with van der Waals surface area (Å²) >= 11 is 1.44. The van der Waals surface area contributed by atoms with Gasteiger partial charge >= 0.3 is 5.97 Å². The Kier molecular flexibility index (Phi) is 5.33. The van der Waals surface area contributed by atoms with Crippen molar-refractivity contribution in [3.8, 4) is 5.75 Å². The van der Waals surface area contributed by atoms with Gasteiger partial charge in [0.05, 0.1) is 12.4 Å². The van der Waals surface area contributed by atoms with Crippen LogP contribution in [0.3, 0.4) is 0 Å². The van der Waals surface area contributed by atoms with Crippen LogP contribution in [-0.4, -0.2) is 46.8 Å². The van der Waals surface area contributed by atoms with E-state index in [9.17, 15) is 14.7 Å². The third-order valence-corrected chi connectivity index (χ3v) is 5.96. The van der Waals surface area contributed by atoms with E-state index in [0.717, 1.165) is 29.9 Å². The maximum Gasteiger partial charge on any atom is 0.326 e. The molecule has 2 fully saturated rings. The molecule has 1 saturated carbocycles. The summed E-state index contributed by atoms with van der Waals surface area (Å²) < 4.78 is 5.40. The van der Waals surface area contributed by atoms with E-state index >= 15 is 0 Å². The van der Waals surface area contributed by atoms with Gasteiger partial charge in [0.25, 0.3) is 0 Å². The standard InChI is InChI=1S/C18H23NO4S/c1-2-23-13-6-8-14(9-7-13)24-11-16(20)19-10-12-4-3-5-15(12)17(19)18(21)22/h6-9,12,15,17H,2-5,10-11H2,1H3,(H,21,22). The topological polar surface area (TPSA) is 66.8 Å². The fraction of sp³-hybridized carbons (Fsp3) is 0.556. The Balaban J connectivity index is 1.59. The molecule has 3 rings (SSSR count). The molecule has 0 bridgehead atoms. The SMILES string of the molecule is CCOc1ccc(SCC(=O)N2CC3CCCC3C2C(=O)O)cc1. The van der Waals surface area contributed by atoms with E-state index in [0.29, 0.717) is 19.1 Å². The Hall–Kier alpha value is -1.69. The molecule has 1 aromatic carbocycles. The molecule has 3 atom stereocenters. The van der Waals surface area contributed by atoms with Gasteiger partial charge in [-0.3, -0.25) is 4.79 Å². The van der Waals surface area contributed by atoms with Crippen LogP contribution >= 0.6 is 11.8 Å². The van der Waals surface area contributed by atoms with Crippen molar-refractivity contribution in [3.63, 3.8) is 0 Å². The van der Waals surface area contributed by atoms with E-state index in [4.69, 9.17) is 4.74 Å². The minimum Gasteiger partial charge on any atom is -0.494 e. The van der Waals surface area contributed by atoms with Gasteiger partial charge < -0.3 is 14.7 Å². The number of carboxylic acids is 1. The van der Waals surface area contributed by atoms with E-state index in [-0.39, 0.29) is 17.6 Å². The normalized spacial score (nSPS) is 25.5. The van der Waals surface area contributed by atoms with Crippen molar-refractivity contribution in [2.24, 2.45) is 11.8 Å². The number of thioether (sulfide) groups is 1. The van der Waals surface area contributed by atoms with Gasteiger partial charge in [-0.1, -0.05) is 6.42 Å². The number of rotatable bonds is 6. The fourth-order valence-electron chi connectivity index (χ4n) is 3.91. The highest BCUT2D eigenvalue weighted by molar-refractivity contribution is 8.00. The molecule has 1 saturated heterocycles. The third kappa shape index (κ3) is 3.53. The van der Waals surface area contributed by atoms with E-state index in [1.165, 1.54) is 11.8 Å². The van der Waals surface area contributed by atoms with Crippen molar-refractivity contribution in [2.75, 3.05) is 18.9 Å². The smallest absolute Gasteiger partial charge is 0.326 e. The molecule has 24 heavy (non-hydrogen) atoms. The van der Waals surface area contributed by atoms with Crippen molar-refractivity contribution < 1.29 is 19.4 Å². The lowest BCUT2D eigenvalue weighted by atomic mass is 9.94. The van der Waals surface area contributed by atoms with Crippen LogP contribution in [0.5, 0.6) is 5.75 Å². The number of hydrogen-bond acceptors (Lipinski definition) is 4. The van der Waals surface area contributed by atoms with Crippen molar-refractivity contribution in [1.29, 1.82) is 0 Å². The van der Waals surface area contributed by atoms with E-state index in [1.807, 2.05) is 31.2 Å². The van der Waals surface area contributed by atoms with Crippen LogP contribution in [-0.2, 0) is 9.59 Å². The Morgan fingerprint density at radius 3 is 2.71 bits per heavy atom. The van der Waals surface area contributed by atoms with Crippen molar-refractivity contribution in [3.05, 3.63) is 24.3 Å². The zero-order valence-electron chi connectivity index (χ0n) is 13.8.